The highest BCUT2D eigenvalue weighted by atomic mass is 16.5. The van der Waals surface area contributed by atoms with Crippen molar-refractivity contribution in [3.63, 3.8) is 0 Å². The summed E-state index contributed by atoms with van der Waals surface area (Å²) in [5.41, 5.74) is 9.55. The predicted octanol–water partition coefficient (Wildman–Crippen LogP) is 3.16. The molecule has 0 atom stereocenters. The van der Waals surface area contributed by atoms with Gasteiger partial charge in [-0.05, 0) is 44.2 Å². The molecule has 0 amide bonds. The third-order valence-corrected chi connectivity index (χ3v) is 4.35. The maximum Gasteiger partial charge on any atom is 0.338 e. The van der Waals surface area contributed by atoms with E-state index in [4.69, 9.17) is 10.5 Å². The van der Waals surface area contributed by atoms with E-state index in [1.165, 1.54) is 5.69 Å². The molecule has 5 heteroatoms. The third-order valence-electron chi connectivity index (χ3n) is 4.35. The summed E-state index contributed by atoms with van der Waals surface area (Å²) in [6.45, 7) is 7.36. The Hall–Kier alpha value is -2.69. The molecule has 3 rings (SSSR count). The normalized spacial score (nSPS) is 14.7. The summed E-state index contributed by atoms with van der Waals surface area (Å²) in [7, 11) is 0. The van der Waals surface area contributed by atoms with Gasteiger partial charge in [-0.3, -0.25) is 0 Å². The van der Waals surface area contributed by atoms with Gasteiger partial charge in [0.2, 0.25) is 0 Å². The van der Waals surface area contributed by atoms with Crippen LogP contribution >= 0.6 is 0 Å². The number of ether oxygens (including phenoxy) is 1. The number of anilines is 3. The average molecular weight is 339 g/mol. The van der Waals surface area contributed by atoms with Crippen LogP contribution in [-0.2, 0) is 4.74 Å². The van der Waals surface area contributed by atoms with E-state index in [9.17, 15) is 4.79 Å². The number of nitrogens with zero attached hydrogens (tertiary/aromatic N) is 2. The summed E-state index contributed by atoms with van der Waals surface area (Å²) in [6.07, 6.45) is -0.139. The summed E-state index contributed by atoms with van der Waals surface area (Å²) >= 11 is 0. The number of para-hydroxylation sites is 1. The van der Waals surface area contributed by atoms with E-state index < -0.39 is 0 Å². The van der Waals surface area contributed by atoms with Crippen molar-refractivity contribution in [2.75, 3.05) is 41.7 Å². The van der Waals surface area contributed by atoms with Gasteiger partial charge in [-0.2, -0.15) is 0 Å². The van der Waals surface area contributed by atoms with Gasteiger partial charge in [0.15, 0.2) is 0 Å². The second-order valence-electron chi connectivity index (χ2n) is 6.54. The Bertz CT molecular complexity index is 723. The van der Waals surface area contributed by atoms with E-state index in [1.807, 2.05) is 26.0 Å². The van der Waals surface area contributed by atoms with Crippen molar-refractivity contribution >= 4 is 23.0 Å². The van der Waals surface area contributed by atoms with Crippen molar-refractivity contribution in [1.29, 1.82) is 0 Å². The molecule has 1 aliphatic rings. The molecule has 0 saturated carbocycles. The molecular weight excluding hydrogens is 314 g/mol. The highest BCUT2D eigenvalue weighted by Crippen LogP contribution is 2.27. The van der Waals surface area contributed by atoms with Crippen LogP contribution in [0.1, 0.15) is 24.2 Å². The Kier molecular flexibility index (Phi) is 5.12. The molecule has 1 fully saturated rings. The van der Waals surface area contributed by atoms with Gasteiger partial charge in [-0.15, -0.1) is 0 Å². The molecule has 0 radical (unpaired) electrons. The number of carbonyl (C=O) groups is 1. The van der Waals surface area contributed by atoms with Gasteiger partial charge in [0.25, 0.3) is 0 Å². The van der Waals surface area contributed by atoms with Gasteiger partial charge in [-0.1, -0.05) is 18.2 Å². The quantitative estimate of drug-likeness (QED) is 0.685. The van der Waals surface area contributed by atoms with Crippen molar-refractivity contribution in [2.45, 2.75) is 20.0 Å². The summed E-state index contributed by atoms with van der Waals surface area (Å²) in [5, 5.41) is 0. The fraction of sp³-hybridized carbons (Fsp3) is 0.350. The fourth-order valence-electron chi connectivity index (χ4n) is 3.10. The molecule has 25 heavy (non-hydrogen) atoms. The van der Waals surface area contributed by atoms with E-state index in [0.29, 0.717) is 11.3 Å². The van der Waals surface area contributed by atoms with E-state index >= 15 is 0 Å². The first-order valence-electron chi connectivity index (χ1n) is 8.70. The first kappa shape index (κ1) is 17.1. The van der Waals surface area contributed by atoms with Crippen molar-refractivity contribution in [1.82, 2.24) is 0 Å². The van der Waals surface area contributed by atoms with Crippen molar-refractivity contribution in [3.8, 4) is 0 Å². The van der Waals surface area contributed by atoms with Crippen LogP contribution in [0.5, 0.6) is 0 Å². The van der Waals surface area contributed by atoms with Crippen LogP contribution in [-0.4, -0.2) is 38.3 Å². The highest BCUT2D eigenvalue weighted by Gasteiger charge is 2.20. The van der Waals surface area contributed by atoms with Crippen LogP contribution in [0.3, 0.4) is 0 Å². The van der Waals surface area contributed by atoms with Gasteiger partial charge < -0.3 is 20.3 Å². The lowest BCUT2D eigenvalue weighted by Crippen LogP contribution is -2.46. The maximum atomic E-state index is 12.0. The van der Waals surface area contributed by atoms with Crippen molar-refractivity contribution in [2.24, 2.45) is 0 Å². The van der Waals surface area contributed by atoms with Gasteiger partial charge in [0.1, 0.15) is 0 Å². The number of esters is 1. The van der Waals surface area contributed by atoms with Gasteiger partial charge in [0.05, 0.1) is 23.0 Å². The Morgan fingerprint density at radius 3 is 2.24 bits per heavy atom. The molecular formula is C20H25N3O2. The molecule has 2 aromatic rings. The largest absolute Gasteiger partial charge is 0.459 e. The van der Waals surface area contributed by atoms with Gasteiger partial charge in [-0.25, -0.2) is 4.79 Å². The van der Waals surface area contributed by atoms with E-state index in [1.54, 1.807) is 12.1 Å². The molecule has 1 saturated heterocycles. The molecule has 1 aliphatic heterocycles. The summed E-state index contributed by atoms with van der Waals surface area (Å²) < 4.78 is 5.22. The van der Waals surface area contributed by atoms with E-state index in [-0.39, 0.29) is 12.1 Å². The first-order chi connectivity index (χ1) is 12.0. The number of nitrogen functional groups attached to an aromatic ring is 1. The van der Waals surface area contributed by atoms with Crippen LogP contribution in [0.15, 0.2) is 48.5 Å². The first-order valence-corrected chi connectivity index (χ1v) is 8.70. The molecule has 0 aliphatic carbocycles. The smallest absolute Gasteiger partial charge is 0.338 e. The molecule has 132 valence electrons. The zero-order valence-corrected chi connectivity index (χ0v) is 14.8. The van der Waals surface area contributed by atoms with Gasteiger partial charge in [0, 0.05) is 31.9 Å². The Balaban J connectivity index is 1.66. The second kappa shape index (κ2) is 7.47. The second-order valence-corrected chi connectivity index (χ2v) is 6.54. The van der Waals surface area contributed by atoms with Crippen LogP contribution in [0.25, 0.3) is 0 Å². The zero-order chi connectivity index (χ0) is 17.8. The number of benzene rings is 2. The number of carbonyl (C=O) groups excluding carboxylic acids is 1. The Morgan fingerprint density at radius 1 is 1.00 bits per heavy atom. The van der Waals surface area contributed by atoms with Crippen LogP contribution in [0, 0.1) is 0 Å². The molecule has 5 nitrogen and oxygen atoms in total. The maximum absolute atomic E-state index is 12.0. The van der Waals surface area contributed by atoms with E-state index in [0.717, 1.165) is 31.9 Å². The number of hydrogen-bond donors (Lipinski definition) is 1. The van der Waals surface area contributed by atoms with Crippen LogP contribution in [0.2, 0.25) is 0 Å². The predicted molar refractivity (Wildman–Crippen MR) is 102 cm³/mol. The average Bonchev–Trinajstić information content (AvgIpc) is 2.62. The number of rotatable bonds is 4. The SMILES string of the molecule is CC(C)OC(=O)c1ccc(N2CCN(c3ccccc3)CC2)c(N)c1. The van der Waals surface area contributed by atoms with E-state index in [2.05, 4.69) is 34.1 Å². The minimum absolute atomic E-state index is 0.139. The molecule has 0 bridgehead atoms. The monoisotopic (exact) mass is 339 g/mol. The molecule has 2 aromatic carbocycles. The lowest BCUT2D eigenvalue weighted by atomic mass is 10.1. The fourth-order valence-corrected chi connectivity index (χ4v) is 3.10. The number of nitrogens with two attached hydrogens (primary N) is 1. The molecule has 1 heterocycles. The van der Waals surface area contributed by atoms with Crippen LogP contribution in [0.4, 0.5) is 17.1 Å². The summed E-state index contributed by atoms with van der Waals surface area (Å²) in [5.74, 6) is -0.331. The zero-order valence-electron chi connectivity index (χ0n) is 14.8. The molecule has 0 spiro atoms. The lowest BCUT2D eigenvalue weighted by molar-refractivity contribution is 0.0378. The highest BCUT2D eigenvalue weighted by molar-refractivity contribution is 5.92. The van der Waals surface area contributed by atoms with Crippen molar-refractivity contribution < 1.29 is 9.53 Å². The summed E-state index contributed by atoms with van der Waals surface area (Å²) in [6, 6.07) is 15.9. The topological polar surface area (TPSA) is 58.8 Å². The van der Waals surface area contributed by atoms with Crippen molar-refractivity contribution in [3.05, 3.63) is 54.1 Å². The summed E-state index contributed by atoms with van der Waals surface area (Å²) in [4.78, 5) is 16.6. The minimum atomic E-state index is -0.331. The Labute approximate surface area is 149 Å². The molecule has 0 aromatic heterocycles. The standard InChI is InChI=1S/C20H25N3O2/c1-15(2)25-20(24)16-8-9-19(18(21)14-16)23-12-10-22(11-13-23)17-6-4-3-5-7-17/h3-9,14-15H,10-13,21H2,1-2H3. The number of piperazine rings is 1. The molecule has 2 N–H and O–H groups in total. The minimum Gasteiger partial charge on any atom is -0.459 e. The van der Waals surface area contributed by atoms with Gasteiger partial charge >= 0.3 is 5.97 Å². The number of hydrogen-bond acceptors (Lipinski definition) is 5. The van der Waals surface area contributed by atoms with Crippen LogP contribution < -0.4 is 15.5 Å². The third kappa shape index (κ3) is 4.05. The Morgan fingerprint density at radius 2 is 1.64 bits per heavy atom. The molecule has 0 unspecified atom stereocenters. The lowest BCUT2D eigenvalue weighted by Gasteiger charge is -2.37.